The topological polar surface area (TPSA) is 15.8 Å². The number of hydrogen-bond acceptors (Lipinski definition) is 2. The molecule has 1 aromatic heterocycles. The summed E-state index contributed by atoms with van der Waals surface area (Å²) in [7, 11) is 0. The lowest BCUT2D eigenvalue weighted by molar-refractivity contribution is 1.10. The molecule has 1 aromatic rings. The van der Waals surface area contributed by atoms with Gasteiger partial charge >= 0.3 is 0 Å². The Hall–Kier alpha value is -0.280. The van der Waals surface area contributed by atoms with Crippen molar-refractivity contribution in [3.8, 4) is 0 Å². The first-order chi connectivity index (χ1) is 5.84. The molecule has 0 atom stereocenters. The zero-order chi connectivity index (χ0) is 8.81. The molecule has 66 valence electrons. The summed E-state index contributed by atoms with van der Waals surface area (Å²) in [6.07, 6.45) is 5.09. The van der Waals surface area contributed by atoms with Gasteiger partial charge in [-0.05, 0) is 23.8 Å². The van der Waals surface area contributed by atoms with Crippen molar-refractivity contribution in [3.63, 3.8) is 0 Å². The summed E-state index contributed by atoms with van der Waals surface area (Å²) >= 11 is 7.10. The average molecular weight is 199 g/mol. The summed E-state index contributed by atoms with van der Waals surface area (Å²) in [6, 6.07) is 1.94. The van der Waals surface area contributed by atoms with E-state index in [2.05, 4.69) is 11.9 Å². The van der Waals surface area contributed by atoms with Gasteiger partial charge in [-0.15, -0.1) is 0 Å². The summed E-state index contributed by atoms with van der Waals surface area (Å²) in [6.45, 7) is 2.19. The largest absolute Gasteiger partial charge is 0.367 e. The van der Waals surface area contributed by atoms with Crippen molar-refractivity contribution in [2.45, 2.75) is 19.1 Å². The van der Waals surface area contributed by atoms with Gasteiger partial charge in [-0.25, -0.2) is 0 Å². The Labute approximate surface area is 82.6 Å². The highest BCUT2D eigenvalue weighted by atomic mass is 32.2. The van der Waals surface area contributed by atoms with Gasteiger partial charge in [0.2, 0.25) is 0 Å². The zero-order valence-corrected chi connectivity index (χ0v) is 8.80. The second-order valence-electron chi connectivity index (χ2n) is 2.59. The Morgan fingerprint density at radius 3 is 3.08 bits per heavy atom. The third kappa shape index (κ3) is 2.99. The van der Waals surface area contributed by atoms with E-state index >= 15 is 0 Å². The normalized spacial score (nSPS) is 10.1. The molecule has 1 rings (SSSR count). The summed E-state index contributed by atoms with van der Waals surface area (Å²) in [5.74, 6) is 2.24. The van der Waals surface area contributed by atoms with Gasteiger partial charge in [0.25, 0.3) is 0 Å². The zero-order valence-electron chi connectivity index (χ0n) is 7.17. The van der Waals surface area contributed by atoms with E-state index in [0.29, 0.717) is 0 Å². The van der Waals surface area contributed by atoms with Crippen LogP contribution in [0.2, 0.25) is 0 Å². The number of rotatable bonds is 4. The Kier molecular flexibility index (Phi) is 4.40. The molecule has 1 N–H and O–H groups in total. The molecule has 0 aromatic carbocycles. The first-order valence-corrected chi connectivity index (χ1v) is 5.64. The van der Waals surface area contributed by atoms with E-state index in [1.807, 2.05) is 30.2 Å². The molecule has 1 nitrogen and oxygen atoms in total. The van der Waals surface area contributed by atoms with E-state index < -0.39 is 0 Å². The molecule has 0 radical (unpaired) electrons. The average Bonchev–Trinajstić information content (AvgIpc) is 2.09. The van der Waals surface area contributed by atoms with Crippen LogP contribution in [0.3, 0.4) is 0 Å². The fraction of sp³-hybridized carbons (Fsp3) is 0.444. The second-order valence-corrected chi connectivity index (χ2v) is 4.13. The number of aromatic amines is 1. The van der Waals surface area contributed by atoms with Crippen molar-refractivity contribution in [1.29, 1.82) is 0 Å². The van der Waals surface area contributed by atoms with Gasteiger partial charge in [-0.3, -0.25) is 0 Å². The fourth-order valence-corrected chi connectivity index (χ4v) is 2.07. The van der Waals surface area contributed by atoms with Crippen LogP contribution in [-0.4, -0.2) is 10.7 Å². The molecule has 0 amide bonds. The van der Waals surface area contributed by atoms with E-state index in [9.17, 15) is 0 Å². The number of thioether (sulfide) groups is 1. The van der Waals surface area contributed by atoms with Crippen LogP contribution in [0, 0.1) is 4.51 Å². The van der Waals surface area contributed by atoms with E-state index in [4.69, 9.17) is 12.2 Å². The lowest BCUT2D eigenvalue weighted by atomic mass is 10.3. The van der Waals surface area contributed by atoms with Crippen molar-refractivity contribution in [2.75, 3.05) is 5.75 Å². The Balaban J connectivity index is 2.52. The highest BCUT2D eigenvalue weighted by Gasteiger charge is 1.93. The molecule has 0 fully saturated rings. The minimum atomic E-state index is 0.970. The first-order valence-electron chi connectivity index (χ1n) is 4.08. The smallest absolute Gasteiger partial charge is 0.0446 e. The molecule has 0 unspecified atom stereocenters. The number of aromatic nitrogens is 1. The quantitative estimate of drug-likeness (QED) is 0.591. The van der Waals surface area contributed by atoms with E-state index in [-0.39, 0.29) is 0 Å². The lowest BCUT2D eigenvalue weighted by Gasteiger charge is -1.99. The predicted molar refractivity (Wildman–Crippen MR) is 58.1 cm³/mol. The third-order valence-corrected chi connectivity index (χ3v) is 3.12. The number of hydrogen-bond donors (Lipinski definition) is 1. The number of nitrogens with one attached hydrogen (secondary N) is 1. The highest BCUT2D eigenvalue weighted by Crippen LogP contribution is 2.12. The van der Waals surface area contributed by atoms with Gasteiger partial charge in [0.15, 0.2) is 0 Å². The highest BCUT2D eigenvalue weighted by molar-refractivity contribution is 7.98. The lowest BCUT2D eigenvalue weighted by Crippen LogP contribution is -1.84. The van der Waals surface area contributed by atoms with Gasteiger partial charge in [-0.2, -0.15) is 11.8 Å². The SMILES string of the molecule is CCCSCc1c[nH]ccc1=S. The van der Waals surface area contributed by atoms with Gasteiger partial charge in [0.05, 0.1) is 0 Å². The molecule has 0 saturated heterocycles. The molecular formula is C9H13NS2. The molecule has 0 bridgehead atoms. The summed E-state index contributed by atoms with van der Waals surface area (Å²) in [4.78, 5) is 3.05. The van der Waals surface area contributed by atoms with Gasteiger partial charge in [0.1, 0.15) is 0 Å². The molecule has 0 aliphatic heterocycles. The van der Waals surface area contributed by atoms with Crippen LogP contribution < -0.4 is 0 Å². The van der Waals surface area contributed by atoms with Crippen molar-refractivity contribution in [3.05, 3.63) is 28.5 Å². The molecule has 0 saturated carbocycles. The van der Waals surface area contributed by atoms with Crippen molar-refractivity contribution >= 4 is 24.0 Å². The monoisotopic (exact) mass is 199 g/mol. The van der Waals surface area contributed by atoms with Crippen LogP contribution in [0.25, 0.3) is 0 Å². The molecule has 12 heavy (non-hydrogen) atoms. The maximum absolute atomic E-state index is 5.17. The van der Waals surface area contributed by atoms with Crippen LogP contribution in [0.15, 0.2) is 18.5 Å². The standard InChI is InChI=1S/C9H13NS2/c1-2-5-12-7-8-6-10-4-3-9(8)11/h3-4,6H,2,5,7H2,1H3,(H,10,11). The van der Waals surface area contributed by atoms with Gasteiger partial charge in [0, 0.05) is 22.7 Å². The van der Waals surface area contributed by atoms with Crippen LogP contribution in [0.4, 0.5) is 0 Å². The summed E-state index contributed by atoms with van der Waals surface area (Å²) in [5.41, 5.74) is 1.24. The minimum absolute atomic E-state index is 0.970. The fourth-order valence-electron chi connectivity index (χ4n) is 0.890. The molecule has 0 aliphatic carbocycles. The third-order valence-electron chi connectivity index (χ3n) is 1.51. The Morgan fingerprint density at radius 1 is 1.58 bits per heavy atom. The predicted octanol–water partition coefficient (Wildman–Crippen LogP) is 3.39. The maximum Gasteiger partial charge on any atom is 0.0446 e. The minimum Gasteiger partial charge on any atom is -0.367 e. The molecule has 0 spiro atoms. The van der Waals surface area contributed by atoms with Gasteiger partial charge in [-0.1, -0.05) is 19.1 Å². The van der Waals surface area contributed by atoms with E-state index in [1.54, 1.807) is 0 Å². The maximum atomic E-state index is 5.17. The molecular weight excluding hydrogens is 186 g/mol. The van der Waals surface area contributed by atoms with Crippen LogP contribution >= 0.6 is 24.0 Å². The number of H-pyrrole nitrogens is 1. The van der Waals surface area contributed by atoms with Crippen LogP contribution in [-0.2, 0) is 5.75 Å². The second kappa shape index (κ2) is 5.38. The first kappa shape index (κ1) is 9.81. The van der Waals surface area contributed by atoms with E-state index in [1.165, 1.54) is 17.7 Å². The van der Waals surface area contributed by atoms with E-state index in [0.717, 1.165) is 10.3 Å². The summed E-state index contributed by atoms with van der Waals surface area (Å²) < 4.78 is 0.970. The number of pyridine rings is 1. The molecule has 3 heteroatoms. The van der Waals surface area contributed by atoms with Crippen molar-refractivity contribution in [1.82, 2.24) is 4.98 Å². The van der Waals surface area contributed by atoms with Crippen LogP contribution in [0.5, 0.6) is 0 Å². The molecule has 0 aliphatic rings. The van der Waals surface area contributed by atoms with Crippen molar-refractivity contribution in [2.24, 2.45) is 0 Å². The van der Waals surface area contributed by atoms with Crippen LogP contribution in [0.1, 0.15) is 18.9 Å². The Morgan fingerprint density at radius 2 is 2.42 bits per heavy atom. The van der Waals surface area contributed by atoms with Gasteiger partial charge < -0.3 is 4.98 Å². The van der Waals surface area contributed by atoms with Crippen molar-refractivity contribution < 1.29 is 0 Å². The molecule has 1 heterocycles. The Bertz CT molecular complexity index is 280. The summed E-state index contributed by atoms with van der Waals surface area (Å²) in [5, 5.41) is 0.